The summed E-state index contributed by atoms with van der Waals surface area (Å²) in [6, 6.07) is 3.52. The molecule has 0 radical (unpaired) electrons. The first kappa shape index (κ1) is 21.5. The van der Waals surface area contributed by atoms with Gasteiger partial charge in [0.15, 0.2) is 0 Å². The summed E-state index contributed by atoms with van der Waals surface area (Å²) in [5.74, 6) is -0.487. The van der Waals surface area contributed by atoms with E-state index in [0.717, 1.165) is 18.7 Å². The van der Waals surface area contributed by atoms with Gasteiger partial charge in [-0.15, -0.1) is 0 Å². The maximum Gasteiger partial charge on any atom is 0.410 e. The van der Waals surface area contributed by atoms with Crippen molar-refractivity contribution in [2.45, 2.75) is 38.8 Å². The molecule has 1 atom stereocenters. The van der Waals surface area contributed by atoms with E-state index >= 15 is 0 Å². The average Bonchev–Trinajstić information content (AvgIpc) is 3.10. The van der Waals surface area contributed by atoms with Crippen molar-refractivity contribution >= 4 is 29.7 Å². The Balaban J connectivity index is 2.24. The second kappa shape index (κ2) is 8.50. The third-order valence-electron chi connectivity index (χ3n) is 4.66. The first-order valence-corrected chi connectivity index (χ1v) is 9.22. The molecule has 0 aliphatic carbocycles. The van der Waals surface area contributed by atoms with E-state index in [4.69, 9.17) is 15.2 Å². The summed E-state index contributed by atoms with van der Waals surface area (Å²) in [6.45, 7) is 6.93. The standard InChI is InChI=1S/C20H30N4O4/c1-20(2,3)28-19(26)23(5)13-9-10-24(12-13)16-8-7-14(18(25)27-6)17(21)15(16)11-22-4/h7-8,11,13H,9-10,12,21H2,1-6H3. The number of esters is 1. The van der Waals surface area contributed by atoms with Gasteiger partial charge in [-0.2, -0.15) is 0 Å². The summed E-state index contributed by atoms with van der Waals surface area (Å²) < 4.78 is 10.3. The van der Waals surface area contributed by atoms with Crippen LogP contribution < -0.4 is 10.6 Å². The van der Waals surface area contributed by atoms with Crippen LogP contribution in [-0.4, -0.2) is 69.1 Å². The molecule has 1 saturated heterocycles. The summed E-state index contributed by atoms with van der Waals surface area (Å²) in [5.41, 5.74) is 7.87. The van der Waals surface area contributed by atoms with Gasteiger partial charge in [0, 0.05) is 44.7 Å². The molecule has 0 aromatic heterocycles. The van der Waals surface area contributed by atoms with Gasteiger partial charge < -0.3 is 25.0 Å². The van der Waals surface area contributed by atoms with Gasteiger partial charge in [-0.25, -0.2) is 9.59 Å². The van der Waals surface area contributed by atoms with Crippen molar-refractivity contribution in [3.8, 4) is 0 Å². The second-order valence-electron chi connectivity index (χ2n) is 7.82. The Morgan fingerprint density at radius 1 is 1.36 bits per heavy atom. The molecule has 8 heteroatoms. The van der Waals surface area contributed by atoms with Gasteiger partial charge in [-0.05, 0) is 39.3 Å². The van der Waals surface area contributed by atoms with Crippen LogP contribution in [0.1, 0.15) is 43.1 Å². The Bertz CT molecular complexity index is 770. The van der Waals surface area contributed by atoms with Gasteiger partial charge in [0.05, 0.1) is 24.4 Å². The van der Waals surface area contributed by atoms with Crippen molar-refractivity contribution in [2.24, 2.45) is 4.99 Å². The highest BCUT2D eigenvalue weighted by molar-refractivity contribution is 6.04. The molecule has 0 spiro atoms. The van der Waals surface area contributed by atoms with Crippen LogP contribution >= 0.6 is 0 Å². The Kier molecular flexibility index (Phi) is 6.53. The number of carbonyl (C=O) groups is 2. The van der Waals surface area contributed by atoms with Crippen LogP contribution in [0.3, 0.4) is 0 Å². The summed E-state index contributed by atoms with van der Waals surface area (Å²) in [6.07, 6.45) is 2.11. The van der Waals surface area contributed by atoms with Gasteiger partial charge in [-0.3, -0.25) is 4.99 Å². The predicted molar refractivity (Wildman–Crippen MR) is 110 cm³/mol. The Hall–Kier alpha value is -2.77. The fourth-order valence-corrected chi connectivity index (χ4v) is 3.21. The number of carbonyl (C=O) groups excluding carboxylic acids is 2. The predicted octanol–water partition coefficient (Wildman–Crippen LogP) is 2.55. The molecule has 1 aliphatic heterocycles. The van der Waals surface area contributed by atoms with Gasteiger partial charge in [0.25, 0.3) is 0 Å². The number of benzene rings is 1. The van der Waals surface area contributed by atoms with E-state index in [9.17, 15) is 9.59 Å². The lowest BCUT2D eigenvalue weighted by molar-refractivity contribution is 0.0237. The number of hydrogen-bond donors (Lipinski definition) is 1. The molecule has 8 nitrogen and oxygen atoms in total. The Labute approximate surface area is 166 Å². The van der Waals surface area contributed by atoms with Crippen molar-refractivity contribution in [3.05, 3.63) is 23.3 Å². The SMILES string of the molecule is CN=Cc1c(N2CCC(N(C)C(=O)OC(C)(C)C)C2)ccc(C(=O)OC)c1N. The van der Waals surface area contributed by atoms with Crippen LogP contribution in [0.25, 0.3) is 0 Å². The minimum absolute atomic E-state index is 0.0165. The Morgan fingerprint density at radius 3 is 2.61 bits per heavy atom. The minimum Gasteiger partial charge on any atom is -0.465 e. The number of nitrogens with zero attached hydrogens (tertiary/aromatic N) is 3. The molecule has 1 unspecified atom stereocenters. The molecule has 2 rings (SSSR count). The lowest BCUT2D eigenvalue weighted by Gasteiger charge is -2.29. The van der Waals surface area contributed by atoms with Crippen LogP contribution in [0.2, 0.25) is 0 Å². The minimum atomic E-state index is -0.535. The number of nitrogen functional groups attached to an aromatic ring is 1. The summed E-state index contributed by atoms with van der Waals surface area (Å²) in [7, 11) is 4.73. The van der Waals surface area contributed by atoms with Gasteiger partial charge in [0.2, 0.25) is 0 Å². The first-order valence-electron chi connectivity index (χ1n) is 9.22. The smallest absolute Gasteiger partial charge is 0.410 e. The average molecular weight is 390 g/mol. The number of aliphatic imine (C=N–C) groups is 1. The number of anilines is 2. The molecule has 2 N–H and O–H groups in total. The molecule has 1 aromatic carbocycles. The fourth-order valence-electron chi connectivity index (χ4n) is 3.21. The molecule has 0 saturated carbocycles. The molecule has 1 heterocycles. The largest absolute Gasteiger partial charge is 0.465 e. The lowest BCUT2D eigenvalue weighted by atomic mass is 10.0. The molecule has 1 aliphatic rings. The van der Waals surface area contributed by atoms with E-state index in [1.165, 1.54) is 7.11 Å². The van der Waals surface area contributed by atoms with Crippen LogP contribution in [-0.2, 0) is 9.47 Å². The van der Waals surface area contributed by atoms with Crippen LogP contribution in [0.4, 0.5) is 16.2 Å². The van der Waals surface area contributed by atoms with E-state index in [-0.39, 0.29) is 12.1 Å². The topological polar surface area (TPSA) is 97.5 Å². The van der Waals surface area contributed by atoms with Crippen LogP contribution in [0, 0.1) is 0 Å². The van der Waals surface area contributed by atoms with Gasteiger partial charge >= 0.3 is 12.1 Å². The van der Waals surface area contributed by atoms with E-state index in [1.54, 1.807) is 31.3 Å². The summed E-state index contributed by atoms with van der Waals surface area (Å²) in [5, 5.41) is 0. The molecular weight excluding hydrogens is 360 g/mol. The zero-order valence-electron chi connectivity index (χ0n) is 17.5. The monoisotopic (exact) mass is 390 g/mol. The second-order valence-corrected chi connectivity index (χ2v) is 7.82. The van der Waals surface area contributed by atoms with E-state index in [0.29, 0.717) is 23.4 Å². The van der Waals surface area contributed by atoms with Crippen molar-refractivity contribution in [1.29, 1.82) is 0 Å². The maximum atomic E-state index is 12.4. The van der Waals surface area contributed by atoms with E-state index < -0.39 is 11.6 Å². The quantitative estimate of drug-likeness (QED) is 0.482. The molecule has 1 amide bonds. The highest BCUT2D eigenvalue weighted by Gasteiger charge is 2.32. The normalized spacial score (nSPS) is 17.1. The third-order valence-corrected chi connectivity index (χ3v) is 4.66. The Morgan fingerprint density at radius 2 is 2.04 bits per heavy atom. The van der Waals surface area contributed by atoms with Crippen molar-refractivity contribution in [3.63, 3.8) is 0 Å². The zero-order valence-corrected chi connectivity index (χ0v) is 17.5. The number of ether oxygens (including phenoxy) is 2. The van der Waals surface area contributed by atoms with Crippen molar-refractivity contribution in [1.82, 2.24) is 4.90 Å². The van der Waals surface area contributed by atoms with E-state index in [2.05, 4.69) is 9.89 Å². The van der Waals surface area contributed by atoms with Crippen molar-refractivity contribution in [2.75, 3.05) is 44.9 Å². The molecule has 154 valence electrons. The number of amides is 1. The van der Waals surface area contributed by atoms with Crippen LogP contribution in [0.15, 0.2) is 17.1 Å². The lowest BCUT2D eigenvalue weighted by Crippen LogP contribution is -2.42. The molecule has 1 aromatic rings. The zero-order chi connectivity index (χ0) is 21.1. The van der Waals surface area contributed by atoms with Gasteiger partial charge in [0.1, 0.15) is 5.60 Å². The van der Waals surface area contributed by atoms with Crippen molar-refractivity contribution < 1.29 is 19.1 Å². The highest BCUT2D eigenvalue weighted by Crippen LogP contribution is 2.31. The molecule has 1 fully saturated rings. The maximum absolute atomic E-state index is 12.4. The van der Waals surface area contributed by atoms with Crippen LogP contribution in [0.5, 0.6) is 0 Å². The summed E-state index contributed by atoms with van der Waals surface area (Å²) >= 11 is 0. The highest BCUT2D eigenvalue weighted by atomic mass is 16.6. The fraction of sp³-hybridized carbons (Fsp3) is 0.550. The number of methoxy groups -OCH3 is 1. The van der Waals surface area contributed by atoms with Gasteiger partial charge in [-0.1, -0.05) is 0 Å². The first-order chi connectivity index (χ1) is 13.1. The number of nitrogens with two attached hydrogens (primary N) is 1. The molecule has 0 bridgehead atoms. The number of likely N-dealkylation sites (N-methyl/N-ethyl adjacent to an activating group) is 1. The molecular formula is C20H30N4O4. The molecule has 28 heavy (non-hydrogen) atoms. The summed E-state index contributed by atoms with van der Waals surface area (Å²) in [4.78, 5) is 32.2. The van der Waals surface area contributed by atoms with E-state index in [1.807, 2.05) is 26.8 Å². The number of rotatable bonds is 4. The number of hydrogen-bond acceptors (Lipinski definition) is 7. The third kappa shape index (κ3) is 4.74.